The molecular formula is C11H26N2OS. The molecule has 92 valence electrons. The molecule has 3 atom stereocenters. The van der Waals surface area contributed by atoms with Crippen molar-refractivity contribution in [1.82, 2.24) is 0 Å². The van der Waals surface area contributed by atoms with E-state index in [4.69, 9.17) is 16.2 Å². The second kappa shape index (κ2) is 5.53. The van der Waals surface area contributed by atoms with Gasteiger partial charge >= 0.3 is 0 Å². The van der Waals surface area contributed by atoms with Gasteiger partial charge in [0.15, 0.2) is 0 Å². The predicted molar refractivity (Wildman–Crippen MR) is 69.0 cm³/mol. The first-order valence-electron chi connectivity index (χ1n) is 5.46. The molecule has 4 N–H and O–H groups in total. The highest BCUT2D eigenvalue weighted by Crippen LogP contribution is 2.27. The van der Waals surface area contributed by atoms with Crippen LogP contribution in [0.5, 0.6) is 0 Å². The van der Waals surface area contributed by atoms with Crippen LogP contribution in [0.15, 0.2) is 0 Å². The van der Waals surface area contributed by atoms with Gasteiger partial charge < -0.3 is 16.2 Å². The van der Waals surface area contributed by atoms with E-state index in [1.807, 2.05) is 27.7 Å². The molecule has 0 aromatic rings. The molecule has 0 radical (unpaired) electrons. The number of ether oxygens (including phenoxy) is 1. The molecule has 0 aliphatic rings. The topological polar surface area (TPSA) is 61.3 Å². The van der Waals surface area contributed by atoms with Crippen molar-refractivity contribution >= 4 is 12.6 Å². The first kappa shape index (κ1) is 15.2. The summed E-state index contributed by atoms with van der Waals surface area (Å²) in [6, 6.07) is 0. The molecule has 3 unspecified atom stereocenters. The van der Waals surface area contributed by atoms with Crippen molar-refractivity contribution in [3.8, 4) is 0 Å². The normalized spacial score (nSPS) is 20.8. The van der Waals surface area contributed by atoms with Crippen molar-refractivity contribution in [2.75, 3.05) is 13.2 Å². The van der Waals surface area contributed by atoms with Crippen LogP contribution in [0, 0.1) is 11.8 Å². The molecule has 0 aromatic carbocycles. The van der Waals surface area contributed by atoms with Crippen LogP contribution in [-0.4, -0.2) is 23.6 Å². The van der Waals surface area contributed by atoms with Crippen LogP contribution < -0.4 is 11.5 Å². The van der Waals surface area contributed by atoms with Crippen molar-refractivity contribution in [1.29, 1.82) is 0 Å². The number of hydrogen-bond acceptors (Lipinski definition) is 4. The minimum atomic E-state index is -0.478. The molecule has 0 aromatic heterocycles. The van der Waals surface area contributed by atoms with Gasteiger partial charge in [0.25, 0.3) is 0 Å². The van der Waals surface area contributed by atoms with Crippen molar-refractivity contribution in [2.24, 2.45) is 23.3 Å². The maximum absolute atomic E-state index is 5.99. The number of rotatable bonds is 6. The molecule has 0 saturated carbocycles. The van der Waals surface area contributed by atoms with E-state index in [1.54, 1.807) is 0 Å². The molecule has 4 heteroatoms. The second-order valence-electron chi connectivity index (χ2n) is 5.22. The quantitative estimate of drug-likeness (QED) is 0.483. The third-order valence-electron chi connectivity index (χ3n) is 3.16. The van der Waals surface area contributed by atoms with E-state index in [9.17, 15) is 0 Å². The van der Waals surface area contributed by atoms with Gasteiger partial charge in [-0.05, 0) is 33.2 Å². The number of hydrogen-bond donors (Lipinski definition) is 3. The minimum Gasteiger partial charge on any atom is -0.364 e. The smallest absolute Gasteiger partial charge is 0.111 e. The average Bonchev–Trinajstić information content (AvgIpc) is 2.11. The van der Waals surface area contributed by atoms with Gasteiger partial charge in [-0.25, -0.2) is 0 Å². The molecule has 3 nitrogen and oxygen atoms in total. The van der Waals surface area contributed by atoms with Gasteiger partial charge in [0.2, 0.25) is 0 Å². The number of thiol groups is 1. The van der Waals surface area contributed by atoms with E-state index in [-0.39, 0.29) is 17.4 Å². The summed E-state index contributed by atoms with van der Waals surface area (Å²) in [5.41, 5.74) is 11.4. The van der Waals surface area contributed by atoms with Gasteiger partial charge in [-0.1, -0.05) is 13.8 Å². The van der Waals surface area contributed by atoms with Gasteiger partial charge in [0.05, 0.1) is 6.61 Å². The lowest BCUT2D eigenvalue weighted by Gasteiger charge is -2.34. The van der Waals surface area contributed by atoms with E-state index < -0.39 is 4.93 Å². The van der Waals surface area contributed by atoms with Crippen molar-refractivity contribution in [2.45, 2.75) is 45.1 Å². The highest BCUT2D eigenvalue weighted by molar-refractivity contribution is 7.81. The second-order valence-corrected chi connectivity index (χ2v) is 6.11. The van der Waals surface area contributed by atoms with Crippen LogP contribution in [-0.2, 0) is 4.74 Å². The molecule has 0 aliphatic heterocycles. The molecule has 0 aliphatic carbocycles. The Morgan fingerprint density at radius 1 is 1.20 bits per heavy atom. The van der Waals surface area contributed by atoms with Gasteiger partial charge in [0, 0.05) is 11.5 Å². The fourth-order valence-corrected chi connectivity index (χ4v) is 1.05. The SMILES string of the molecule is CC(COC(C)(S)C(C)CN)C(C)(C)N. The van der Waals surface area contributed by atoms with Gasteiger partial charge in [0.1, 0.15) is 4.93 Å². The Balaban J connectivity index is 4.15. The molecular weight excluding hydrogens is 208 g/mol. The van der Waals surface area contributed by atoms with Crippen LogP contribution in [0.2, 0.25) is 0 Å². The summed E-state index contributed by atoms with van der Waals surface area (Å²) in [6.45, 7) is 11.2. The van der Waals surface area contributed by atoms with Gasteiger partial charge in [-0.15, -0.1) is 12.6 Å². The molecule has 0 rings (SSSR count). The highest BCUT2D eigenvalue weighted by Gasteiger charge is 2.29. The van der Waals surface area contributed by atoms with Gasteiger partial charge in [-0.3, -0.25) is 0 Å². The summed E-state index contributed by atoms with van der Waals surface area (Å²) in [5.74, 6) is 0.503. The fraction of sp³-hybridized carbons (Fsp3) is 1.00. The van der Waals surface area contributed by atoms with E-state index in [2.05, 4.69) is 19.6 Å². The zero-order valence-electron chi connectivity index (χ0n) is 10.6. The maximum Gasteiger partial charge on any atom is 0.111 e. The van der Waals surface area contributed by atoms with E-state index in [0.717, 1.165) is 0 Å². The Bertz CT molecular complexity index is 190. The molecule has 0 heterocycles. The monoisotopic (exact) mass is 234 g/mol. The largest absolute Gasteiger partial charge is 0.364 e. The molecule has 0 saturated heterocycles. The van der Waals surface area contributed by atoms with Crippen LogP contribution >= 0.6 is 12.6 Å². The third kappa shape index (κ3) is 5.20. The summed E-state index contributed by atoms with van der Waals surface area (Å²) >= 11 is 4.49. The Kier molecular flexibility index (Phi) is 5.61. The lowest BCUT2D eigenvalue weighted by molar-refractivity contribution is -0.0200. The average molecular weight is 234 g/mol. The zero-order valence-corrected chi connectivity index (χ0v) is 11.5. The van der Waals surface area contributed by atoms with Crippen molar-refractivity contribution in [3.05, 3.63) is 0 Å². The molecule has 0 amide bonds. The van der Waals surface area contributed by atoms with E-state index in [1.165, 1.54) is 0 Å². The summed E-state index contributed by atoms with van der Waals surface area (Å²) in [7, 11) is 0. The Morgan fingerprint density at radius 2 is 1.67 bits per heavy atom. The summed E-state index contributed by atoms with van der Waals surface area (Å²) in [4.78, 5) is -0.478. The highest BCUT2D eigenvalue weighted by atomic mass is 32.1. The summed E-state index contributed by atoms with van der Waals surface area (Å²) in [6.07, 6.45) is 0. The lowest BCUT2D eigenvalue weighted by atomic mass is 9.91. The Hall–Kier alpha value is 0.230. The minimum absolute atomic E-state index is 0.217. The Morgan fingerprint density at radius 3 is 2.00 bits per heavy atom. The lowest BCUT2D eigenvalue weighted by Crippen LogP contribution is -2.44. The summed E-state index contributed by atoms with van der Waals surface area (Å²) < 4.78 is 5.77. The predicted octanol–water partition coefficient (Wildman–Crippen LogP) is 1.62. The molecule has 15 heavy (non-hydrogen) atoms. The third-order valence-corrected chi connectivity index (χ3v) is 3.73. The van der Waals surface area contributed by atoms with Crippen LogP contribution in [0.4, 0.5) is 0 Å². The van der Waals surface area contributed by atoms with Crippen LogP contribution in [0.3, 0.4) is 0 Å². The van der Waals surface area contributed by atoms with Crippen molar-refractivity contribution < 1.29 is 4.74 Å². The van der Waals surface area contributed by atoms with E-state index in [0.29, 0.717) is 13.2 Å². The van der Waals surface area contributed by atoms with Gasteiger partial charge in [-0.2, -0.15) is 0 Å². The fourth-order valence-electron chi connectivity index (χ4n) is 0.869. The van der Waals surface area contributed by atoms with Crippen LogP contribution in [0.25, 0.3) is 0 Å². The maximum atomic E-state index is 5.99. The Labute approximate surface area is 99.3 Å². The summed E-state index contributed by atoms with van der Waals surface area (Å²) in [5, 5.41) is 0. The van der Waals surface area contributed by atoms with E-state index >= 15 is 0 Å². The molecule has 0 spiro atoms. The molecule has 0 bridgehead atoms. The first-order chi connectivity index (χ1) is 6.61. The molecule has 0 fully saturated rings. The number of nitrogens with two attached hydrogens (primary N) is 2. The first-order valence-corrected chi connectivity index (χ1v) is 5.91. The van der Waals surface area contributed by atoms with Crippen LogP contribution in [0.1, 0.15) is 34.6 Å². The standard InChI is InChI=1S/C11H26N2OS/c1-8(6-12)11(5,15)14-7-9(2)10(3,4)13/h8-9,15H,6-7,12-13H2,1-5H3. The zero-order chi connectivity index (χ0) is 12.3. The van der Waals surface area contributed by atoms with Crippen molar-refractivity contribution in [3.63, 3.8) is 0 Å².